The molecule has 0 fully saturated rings. The third kappa shape index (κ3) is 3.75. The fraction of sp³-hybridized carbons (Fsp3) is 0.111. The molecule has 1 N–H and O–H groups in total. The van der Waals surface area contributed by atoms with Gasteiger partial charge in [0, 0.05) is 0 Å². The van der Waals surface area contributed by atoms with E-state index < -0.39 is 7.82 Å². The van der Waals surface area contributed by atoms with Crippen molar-refractivity contribution in [1.29, 1.82) is 0 Å². The summed E-state index contributed by atoms with van der Waals surface area (Å²) in [7, 11) is -3.98. The molecule has 76 valence electrons. The van der Waals surface area contributed by atoms with Gasteiger partial charge in [-0.25, -0.2) is 4.57 Å². The van der Waals surface area contributed by atoms with Crippen LogP contribution in [0.25, 0.3) is 0 Å². The van der Waals surface area contributed by atoms with Crippen LogP contribution in [0, 0.1) is 0 Å². The second-order valence-corrected chi connectivity index (χ2v) is 3.91. The molecule has 0 saturated heterocycles. The molecule has 1 aromatic carbocycles. The summed E-state index contributed by atoms with van der Waals surface area (Å²) in [5, 5.41) is 0. The lowest BCUT2D eigenvalue weighted by Gasteiger charge is -2.09. The van der Waals surface area contributed by atoms with Crippen molar-refractivity contribution in [1.82, 2.24) is 0 Å². The summed E-state index contributed by atoms with van der Waals surface area (Å²) in [5.74, 6) is 0. The molecule has 14 heavy (non-hydrogen) atoms. The summed E-state index contributed by atoms with van der Waals surface area (Å²) in [6.07, 6.45) is 0.881. The predicted molar refractivity (Wildman–Crippen MR) is 52.3 cm³/mol. The van der Waals surface area contributed by atoms with Crippen molar-refractivity contribution in [2.24, 2.45) is 0 Å². The third-order valence-electron chi connectivity index (χ3n) is 1.44. The molecule has 0 saturated carbocycles. The fourth-order valence-electron chi connectivity index (χ4n) is 0.855. The maximum Gasteiger partial charge on any atom is 0.527 e. The zero-order valence-electron chi connectivity index (χ0n) is 7.50. The lowest BCUT2D eigenvalue weighted by molar-refractivity contribution is 0.180. The molecule has 0 amide bonds. The zero-order valence-corrected chi connectivity index (χ0v) is 8.39. The maximum absolute atomic E-state index is 11.0. The molecule has 0 radical (unpaired) electrons. The van der Waals surface area contributed by atoms with E-state index in [4.69, 9.17) is 4.89 Å². The van der Waals surface area contributed by atoms with E-state index >= 15 is 0 Å². The standard InChI is InChI=1S/C9H11O4P/c1-2-12-14(10,11)13-8-9-6-4-3-5-7-9/h2-7H,1,8H2,(H,10,11). The van der Waals surface area contributed by atoms with Crippen molar-refractivity contribution in [3.05, 3.63) is 48.7 Å². The molecule has 1 atom stereocenters. The molecule has 1 unspecified atom stereocenters. The fourth-order valence-corrected chi connectivity index (χ4v) is 1.42. The Morgan fingerprint density at radius 3 is 2.64 bits per heavy atom. The Labute approximate surface area is 82.4 Å². The number of hydrogen-bond donors (Lipinski definition) is 1. The minimum Gasteiger partial charge on any atom is -0.413 e. The molecule has 0 aliphatic carbocycles. The van der Waals surface area contributed by atoms with Crippen molar-refractivity contribution in [3.8, 4) is 0 Å². The van der Waals surface area contributed by atoms with Crippen molar-refractivity contribution < 1.29 is 18.5 Å². The van der Waals surface area contributed by atoms with E-state index in [1.165, 1.54) is 0 Å². The highest BCUT2D eigenvalue weighted by molar-refractivity contribution is 7.47. The number of phosphoric ester groups is 1. The van der Waals surface area contributed by atoms with Gasteiger partial charge in [0.05, 0.1) is 12.9 Å². The highest BCUT2D eigenvalue weighted by Gasteiger charge is 2.19. The third-order valence-corrected chi connectivity index (χ3v) is 2.32. The quantitative estimate of drug-likeness (QED) is 0.604. The van der Waals surface area contributed by atoms with Crippen molar-refractivity contribution >= 4 is 7.82 Å². The SMILES string of the molecule is C=COP(=O)(O)OCc1ccccc1. The highest BCUT2D eigenvalue weighted by atomic mass is 31.2. The van der Waals surface area contributed by atoms with Crippen LogP contribution in [0.4, 0.5) is 0 Å². The van der Waals surface area contributed by atoms with Crippen LogP contribution in [0.2, 0.25) is 0 Å². The van der Waals surface area contributed by atoms with E-state index in [9.17, 15) is 4.57 Å². The van der Waals surface area contributed by atoms with Crippen LogP contribution in [0.15, 0.2) is 43.2 Å². The summed E-state index contributed by atoms with van der Waals surface area (Å²) in [5.41, 5.74) is 0.800. The van der Waals surface area contributed by atoms with Crippen molar-refractivity contribution in [2.75, 3.05) is 0 Å². The molecule has 4 nitrogen and oxygen atoms in total. The summed E-state index contributed by atoms with van der Waals surface area (Å²) in [4.78, 5) is 9.02. The van der Waals surface area contributed by atoms with E-state index in [0.717, 1.165) is 11.8 Å². The normalized spacial score (nSPS) is 14.4. The summed E-state index contributed by atoms with van der Waals surface area (Å²) < 4.78 is 20.0. The molecule has 5 heteroatoms. The number of phosphoric acid groups is 1. The monoisotopic (exact) mass is 214 g/mol. The van der Waals surface area contributed by atoms with Gasteiger partial charge in [-0.15, -0.1) is 0 Å². The van der Waals surface area contributed by atoms with Gasteiger partial charge in [0.1, 0.15) is 0 Å². The topological polar surface area (TPSA) is 55.8 Å². The molecule has 0 heterocycles. The van der Waals surface area contributed by atoms with Gasteiger partial charge >= 0.3 is 7.82 Å². The minimum atomic E-state index is -3.98. The molecule has 1 aromatic rings. The van der Waals surface area contributed by atoms with Gasteiger partial charge in [-0.1, -0.05) is 36.9 Å². The maximum atomic E-state index is 11.0. The first kappa shape index (κ1) is 11.0. The molecule has 0 spiro atoms. The Morgan fingerprint density at radius 2 is 2.07 bits per heavy atom. The van der Waals surface area contributed by atoms with Crippen LogP contribution in [0.1, 0.15) is 5.56 Å². The van der Waals surface area contributed by atoms with E-state index in [0.29, 0.717) is 0 Å². The van der Waals surface area contributed by atoms with Crippen LogP contribution in [-0.2, 0) is 20.2 Å². The Kier molecular flexibility index (Phi) is 3.89. The van der Waals surface area contributed by atoms with Gasteiger partial charge in [0.2, 0.25) is 0 Å². The number of hydrogen-bond acceptors (Lipinski definition) is 3. The first-order valence-electron chi connectivity index (χ1n) is 3.94. The number of benzene rings is 1. The molecule has 1 rings (SSSR count). The summed E-state index contributed by atoms with van der Waals surface area (Å²) in [6.45, 7) is 3.20. The van der Waals surface area contributed by atoms with E-state index in [2.05, 4.69) is 15.6 Å². The smallest absolute Gasteiger partial charge is 0.413 e. The van der Waals surface area contributed by atoms with E-state index in [1.54, 1.807) is 12.1 Å². The van der Waals surface area contributed by atoms with Gasteiger partial charge < -0.3 is 4.52 Å². The van der Waals surface area contributed by atoms with Crippen LogP contribution in [-0.4, -0.2) is 4.89 Å². The van der Waals surface area contributed by atoms with Crippen molar-refractivity contribution in [3.63, 3.8) is 0 Å². The van der Waals surface area contributed by atoms with Crippen molar-refractivity contribution in [2.45, 2.75) is 6.61 Å². The van der Waals surface area contributed by atoms with Gasteiger partial charge in [-0.05, 0) is 5.56 Å². The lowest BCUT2D eigenvalue weighted by Crippen LogP contribution is -1.92. The minimum absolute atomic E-state index is 0.0302. The molecule has 0 aromatic heterocycles. The van der Waals surface area contributed by atoms with Crippen LogP contribution in [0.3, 0.4) is 0 Å². The van der Waals surface area contributed by atoms with Gasteiger partial charge in [-0.3, -0.25) is 9.42 Å². The molecular formula is C9H11O4P. The second-order valence-electron chi connectivity index (χ2n) is 2.50. The second kappa shape index (κ2) is 4.96. The first-order valence-corrected chi connectivity index (χ1v) is 5.44. The molecular weight excluding hydrogens is 203 g/mol. The predicted octanol–water partition coefficient (Wildman–Crippen LogP) is 2.46. The Balaban J connectivity index is 2.49. The van der Waals surface area contributed by atoms with Gasteiger partial charge in [0.15, 0.2) is 0 Å². The summed E-state index contributed by atoms with van der Waals surface area (Å²) in [6, 6.07) is 9.05. The van der Waals surface area contributed by atoms with Gasteiger partial charge in [0.25, 0.3) is 0 Å². The Bertz CT molecular complexity index is 336. The van der Waals surface area contributed by atoms with Crippen LogP contribution in [0.5, 0.6) is 0 Å². The average Bonchev–Trinajstić information content (AvgIpc) is 2.17. The zero-order chi connectivity index (χ0) is 10.4. The van der Waals surface area contributed by atoms with Crippen LogP contribution >= 0.6 is 7.82 Å². The van der Waals surface area contributed by atoms with E-state index in [1.807, 2.05) is 18.2 Å². The number of rotatable bonds is 5. The average molecular weight is 214 g/mol. The van der Waals surface area contributed by atoms with E-state index in [-0.39, 0.29) is 6.61 Å². The Morgan fingerprint density at radius 1 is 1.43 bits per heavy atom. The largest absolute Gasteiger partial charge is 0.527 e. The molecule has 0 aliphatic rings. The van der Waals surface area contributed by atoms with Crippen LogP contribution < -0.4 is 0 Å². The van der Waals surface area contributed by atoms with Gasteiger partial charge in [-0.2, -0.15) is 0 Å². The molecule has 0 aliphatic heterocycles. The summed E-state index contributed by atoms with van der Waals surface area (Å²) >= 11 is 0. The highest BCUT2D eigenvalue weighted by Crippen LogP contribution is 2.44. The Hall–Kier alpha value is -1.09. The lowest BCUT2D eigenvalue weighted by atomic mass is 10.2. The first-order chi connectivity index (χ1) is 6.64. The molecule has 0 bridgehead atoms.